The Labute approximate surface area is 130 Å². The zero-order valence-corrected chi connectivity index (χ0v) is 12.8. The summed E-state index contributed by atoms with van der Waals surface area (Å²) in [7, 11) is 0. The molecule has 0 radical (unpaired) electrons. The molecule has 2 atom stereocenters. The first kappa shape index (κ1) is 21.0. The van der Waals surface area contributed by atoms with Crippen molar-refractivity contribution in [2.45, 2.75) is 50.3 Å². The third kappa shape index (κ3) is 9.87. The van der Waals surface area contributed by atoms with Gasteiger partial charge in [-0.25, -0.2) is 0 Å². The lowest BCUT2D eigenvalue weighted by atomic mass is 9.98. The van der Waals surface area contributed by atoms with Crippen molar-refractivity contribution in [3.63, 3.8) is 0 Å². The van der Waals surface area contributed by atoms with Gasteiger partial charge in [-0.2, -0.15) is 0 Å². The number of nitrogens with two attached hydrogens (primary N) is 6. The zero-order valence-electron chi connectivity index (χ0n) is 12.8. The van der Waals surface area contributed by atoms with E-state index in [2.05, 4.69) is 10.6 Å². The molecule has 0 aliphatic carbocycles. The standard InChI is InChI=1S/C12H30N8O2/c13-7(3-1-5-19-11(15)16)9(21)10(22)8(14)4-2-6-20-12(17)18/h7-8,11-12,19-20H,1-6,13-18H2/t7-,8-/m0/s1. The Balaban J connectivity index is 3.98. The van der Waals surface area contributed by atoms with E-state index in [1.54, 1.807) is 0 Å². The Hall–Kier alpha value is -0.980. The van der Waals surface area contributed by atoms with Gasteiger partial charge in [0.15, 0.2) is 0 Å². The van der Waals surface area contributed by atoms with E-state index in [-0.39, 0.29) is 0 Å². The molecule has 0 heterocycles. The SMILES string of the molecule is NC(N)NCCC[C@H](N)C(=O)C(=O)[C@@H](N)CCCNC(N)N. The van der Waals surface area contributed by atoms with Crippen molar-refractivity contribution in [1.82, 2.24) is 10.6 Å². The number of ketones is 2. The van der Waals surface area contributed by atoms with Crippen molar-refractivity contribution in [2.75, 3.05) is 13.1 Å². The largest absolute Gasteiger partial charge is 0.321 e. The summed E-state index contributed by atoms with van der Waals surface area (Å²) in [6, 6.07) is -1.71. The van der Waals surface area contributed by atoms with Crippen LogP contribution in [0.1, 0.15) is 25.7 Å². The number of nitrogens with one attached hydrogen (secondary N) is 2. The summed E-state index contributed by atoms with van der Waals surface area (Å²) in [5.74, 6) is -1.29. The van der Waals surface area contributed by atoms with Crippen LogP contribution in [-0.2, 0) is 9.59 Å². The van der Waals surface area contributed by atoms with Gasteiger partial charge in [0.05, 0.1) is 12.1 Å². The van der Waals surface area contributed by atoms with Crippen LogP contribution in [0.4, 0.5) is 0 Å². The monoisotopic (exact) mass is 318 g/mol. The maximum Gasteiger partial charge on any atom is 0.216 e. The summed E-state index contributed by atoms with van der Waals surface area (Å²) < 4.78 is 0. The Bertz CT molecular complexity index is 305. The van der Waals surface area contributed by atoms with Gasteiger partial charge >= 0.3 is 0 Å². The summed E-state index contributed by atoms with van der Waals surface area (Å²) >= 11 is 0. The van der Waals surface area contributed by atoms with Crippen LogP contribution in [-0.4, -0.2) is 49.3 Å². The second-order valence-corrected chi connectivity index (χ2v) is 5.19. The first-order valence-corrected chi connectivity index (χ1v) is 7.34. The molecule has 0 aromatic carbocycles. The molecular formula is C12H30N8O2. The predicted octanol–water partition coefficient (Wildman–Crippen LogP) is -4.08. The second-order valence-electron chi connectivity index (χ2n) is 5.19. The molecule has 0 fully saturated rings. The average Bonchev–Trinajstić information content (AvgIpc) is 2.45. The van der Waals surface area contributed by atoms with Crippen molar-refractivity contribution in [2.24, 2.45) is 34.4 Å². The molecule has 10 heteroatoms. The molecule has 10 nitrogen and oxygen atoms in total. The van der Waals surface area contributed by atoms with Crippen LogP contribution in [0.25, 0.3) is 0 Å². The van der Waals surface area contributed by atoms with Crippen LogP contribution in [0, 0.1) is 0 Å². The topological polar surface area (TPSA) is 214 Å². The molecule has 130 valence electrons. The predicted molar refractivity (Wildman–Crippen MR) is 84.8 cm³/mol. The molecular weight excluding hydrogens is 288 g/mol. The lowest BCUT2D eigenvalue weighted by molar-refractivity contribution is -0.138. The van der Waals surface area contributed by atoms with E-state index in [1.807, 2.05) is 0 Å². The number of rotatable bonds is 13. The highest BCUT2D eigenvalue weighted by Crippen LogP contribution is 2.02. The highest BCUT2D eigenvalue weighted by atomic mass is 16.2. The molecule has 0 unspecified atom stereocenters. The summed E-state index contributed by atoms with van der Waals surface area (Å²) in [4.78, 5) is 23.7. The van der Waals surface area contributed by atoms with Gasteiger partial charge in [0.2, 0.25) is 11.6 Å². The normalized spacial score (nSPS) is 14.4. The molecule has 0 aromatic heterocycles. The summed E-state index contributed by atoms with van der Waals surface area (Å²) in [6.07, 6.45) is 0.660. The molecule has 0 aliphatic heterocycles. The van der Waals surface area contributed by atoms with Crippen molar-refractivity contribution in [1.29, 1.82) is 0 Å². The quantitative estimate of drug-likeness (QED) is 0.0933. The van der Waals surface area contributed by atoms with E-state index in [9.17, 15) is 9.59 Å². The van der Waals surface area contributed by atoms with E-state index in [0.29, 0.717) is 38.8 Å². The molecule has 0 saturated carbocycles. The zero-order chi connectivity index (χ0) is 17.1. The fourth-order valence-electron chi connectivity index (χ4n) is 1.81. The average molecular weight is 318 g/mol. The van der Waals surface area contributed by atoms with Crippen molar-refractivity contribution >= 4 is 11.6 Å². The van der Waals surface area contributed by atoms with Gasteiger partial charge < -0.3 is 34.4 Å². The Morgan fingerprint density at radius 3 is 1.27 bits per heavy atom. The Morgan fingerprint density at radius 1 is 0.682 bits per heavy atom. The van der Waals surface area contributed by atoms with E-state index < -0.39 is 36.2 Å². The molecule has 0 rings (SSSR count). The van der Waals surface area contributed by atoms with Crippen LogP contribution in [0.15, 0.2) is 0 Å². The minimum atomic E-state index is -0.857. The fourth-order valence-corrected chi connectivity index (χ4v) is 1.81. The summed E-state index contributed by atoms with van der Waals surface area (Å²) in [5.41, 5.74) is 32.7. The number of carbonyl (C=O) groups excluding carboxylic acids is 2. The van der Waals surface area contributed by atoms with Gasteiger partial charge in [0, 0.05) is 0 Å². The molecule has 0 saturated heterocycles. The first-order valence-electron chi connectivity index (χ1n) is 7.34. The minimum absolute atomic E-state index is 0.362. The van der Waals surface area contributed by atoms with Crippen LogP contribution < -0.4 is 45.0 Å². The van der Waals surface area contributed by atoms with Gasteiger partial charge in [0.1, 0.15) is 12.6 Å². The second kappa shape index (κ2) is 11.6. The molecule has 0 bridgehead atoms. The third-order valence-corrected chi connectivity index (χ3v) is 3.06. The number of carbonyl (C=O) groups is 2. The lowest BCUT2D eigenvalue weighted by Crippen LogP contribution is -2.47. The van der Waals surface area contributed by atoms with Crippen LogP contribution >= 0.6 is 0 Å². The van der Waals surface area contributed by atoms with E-state index in [1.165, 1.54) is 0 Å². The fraction of sp³-hybridized carbons (Fsp3) is 0.833. The molecule has 0 aliphatic rings. The van der Waals surface area contributed by atoms with Gasteiger partial charge in [-0.1, -0.05) is 0 Å². The lowest BCUT2D eigenvalue weighted by Gasteiger charge is -2.15. The van der Waals surface area contributed by atoms with Crippen LogP contribution in [0.3, 0.4) is 0 Å². The molecule has 0 aromatic rings. The molecule has 0 amide bonds. The first-order chi connectivity index (χ1) is 10.3. The van der Waals surface area contributed by atoms with E-state index in [4.69, 9.17) is 34.4 Å². The smallest absolute Gasteiger partial charge is 0.216 e. The molecule has 0 spiro atoms. The number of hydrogen-bond donors (Lipinski definition) is 8. The Kier molecular flexibility index (Phi) is 11.1. The molecule has 14 N–H and O–H groups in total. The highest BCUT2D eigenvalue weighted by molar-refractivity contribution is 6.40. The number of Topliss-reactive ketones (excluding diaryl/α,β-unsaturated/α-hetero) is 2. The third-order valence-electron chi connectivity index (χ3n) is 3.06. The molecule has 22 heavy (non-hydrogen) atoms. The van der Waals surface area contributed by atoms with Gasteiger partial charge in [-0.05, 0) is 38.8 Å². The van der Waals surface area contributed by atoms with Crippen LogP contribution in [0.5, 0.6) is 0 Å². The van der Waals surface area contributed by atoms with E-state index >= 15 is 0 Å². The Morgan fingerprint density at radius 2 is 1.00 bits per heavy atom. The van der Waals surface area contributed by atoms with Gasteiger partial charge in [-0.15, -0.1) is 0 Å². The van der Waals surface area contributed by atoms with Crippen molar-refractivity contribution < 1.29 is 9.59 Å². The maximum absolute atomic E-state index is 11.9. The van der Waals surface area contributed by atoms with Crippen molar-refractivity contribution in [3.8, 4) is 0 Å². The summed E-state index contributed by atoms with van der Waals surface area (Å²) in [6.45, 7) is 1.04. The van der Waals surface area contributed by atoms with E-state index in [0.717, 1.165) is 0 Å². The summed E-state index contributed by atoms with van der Waals surface area (Å²) in [5, 5.41) is 5.57. The van der Waals surface area contributed by atoms with Gasteiger partial charge in [-0.3, -0.25) is 20.2 Å². The maximum atomic E-state index is 11.9. The van der Waals surface area contributed by atoms with Crippen LogP contribution in [0.2, 0.25) is 0 Å². The minimum Gasteiger partial charge on any atom is -0.321 e. The number of hydrogen-bond acceptors (Lipinski definition) is 10. The highest BCUT2D eigenvalue weighted by Gasteiger charge is 2.26. The van der Waals surface area contributed by atoms with Crippen molar-refractivity contribution in [3.05, 3.63) is 0 Å². The van der Waals surface area contributed by atoms with Gasteiger partial charge in [0.25, 0.3) is 0 Å².